The molecule has 4 nitrogen and oxygen atoms in total. The van der Waals surface area contributed by atoms with E-state index in [2.05, 4.69) is 10.1 Å². The van der Waals surface area contributed by atoms with Crippen LogP contribution >= 0.6 is 11.6 Å². The first kappa shape index (κ1) is 10.7. The Labute approximate surface area is 86.8 Å². The van der Waals surface area contributed by atoms with Gasteiger partial charge in [-0.25, -0.2) is 4.79 Å². The van der Waals surface area contributed by atoms with Crippen LogP contribution in [0.15, 0.2) is 18.2 Å². The summed E-state index contributed by atoms with van der Waals surface area (Å²) >= 11 is 5.74. The molecule has 0 spiro atoms. The molecule has 0 aliphatic carbocycles. The molecule has 0 unspecified atom stereocenters. The lowest BCUT2D eigenvalue weighted by atomic mass is 10.3. The molecule has 0 heterocycles. The monoisotopic (exact) mass is 215 g/mol. The molecular weight excluding hydrogens is 206 g/mol. The van der Waals surface area contributed by atoms with Crippen LogP contribution in [0.25, 0.3) is 0 Å². The van der Waals surface area contributed by atoms with E-state index in [1.54, 1.807) is 18.2 Å². The molecule has 0 atom stereocenters. The predicted molar refractivity (Wildman–Crippen MR) is 54.0 cm³/mol. The van der Waals surface area contributed by atoms with E-state index in [4.69, 9.17) is 16.3 Å². The Hall–Kier alpha value is -1.42. The van der Waals surface area contributed by atoms with Gasteiger partial charge in [0.25, 0.3) is 0 Å². The Morgan fingerprint density at radius 1 is 1.43 bits per heavy atom. The molecule has 0 radical (unpaired) electrons. The SMILES string of the molecule is COC(=O)Nc1ccc(Cl)cc1OC. The van der Waals surface area contributed by atoms with Crippen molar-refractivity contribution < 1.29 is 14.3 Å². The molecule has 1 rings (SSSR count). The van der Waals surface area contributed by atoms with Gasteiger partial charge in [0.15, 0.2) is 0 Å². The van der Waals surface area contributed by atoms with E-state index in [-0.39, 0.29) is 0 Å². The number of benzene rings is 1. The number of nitrogens with one attached hydrogen (secondary N) is 1. The van der Waals surface area contributed by atoms with Gasteiger partial charge in [-0.1, -0.05) is 11.6 Å². The van der Waals surface area contributed by atoms with Gasteiger partial charge in [-0.3, -0.25) is 5.32 Å². The molecule has 1 aromatic rings. The Morgan fingerprint density at radius 3 is 2.71 bits per heavy atom. The lowest BCUT2D eigenvalue weighted by Crippen LogP contribution is -2.11. The quantitative estimate of drug-likeness (QED) is 0.825. The molecule has 0 bridgehead atoms. The Morgan fingerprint density at radius 2 is 2.14 bits per heavy atom. The van der Waals surface area contributed by atoms with Crippen LogP contribution < -0.4 is 10.1 Å². The minimum Gasteiger partial charge on any atom is -0.495 e. The maximum absolute atomic E-state index is 10.9. The van der Waals surface area contributed by atoms with E-state index in [1.807, 2.05) is 0 Å². The first-order valence-corrected chi connectivity index (χ1v) is 4.23. The van der Waals surface area contributed by atoms with E-state index in [1.165, 1.54) is 14.2 Å². The molecule has 1 N–H and O–H groups in total. The zero-order valence-electron chi connectivity index (χ0n) is 7.83. The minimum absolute atomic E-state index is 0.489. The highest BCUT2D eigenvalue weighted by molar-refractivity contribution is 6.30. The van der Waals surface area contributed by atoms with Gasteiger partial charge in [-0.05, 0) is 12.1 Å². The first-order valence-electron chi connectivity index (χ1n) is 3.86. The van der Waals surface area contributed by atoms with Crippen molar-refractivity contribution in [3.63, 3.8) is 0 Å². The largest absolute Gasteiger partial charge is 0.495 e. The Balaban J connectivity index is 2.90. The fourth-order valence-electron chi connectivity index (χ4n) is 0.929. The average Bonchev–Trinajstić information content (AvgIpc) is 2.20. The van der Waals surface area contributed by atoms with Crippen molar-refractivity contribution in [1.82, 2.24) is 0 Å². The summed E-state index contributed by atoms with van der Waals surface area (Å²) in [6.45, 7) is 0. The number of methoxy groups -OCH3 is 2. The van der Waals surface area contributed by atoms with Crippen molar-refractivity contribution in [2.24, 2.45) is 0 Å². The van der Waals surface area contributed by atoms with E-state index in [0.29, 0.717) is 16.5 Å². The number of rotatable bonds is 2. The van der Waals surface area contributed by atoms with Crippen LogP contribution in [0.3, 0.4) is 0 Å². The number of ether oxygens (including phenoxy) is 2. The number of halogens is 1. The number of carbonyl (C=O) groups excluding carboxylic acids is 1. The average molecular weight is 216 g/mol. The zero-order chi connectivity index (χ0) is 10.6. The summed E-state index contributed by atoms with van der Waals surface area (Å²) in [4.78, 5) is 10.9. The summed E-state index contributed by atoms with van der Waals surface area (Å²) in [5.74, 6) is 0.489. The van der Waals surface area contributed by atoms with Gasteiger partial charge < -0.3 is 9.47 Å². The molecule has 0 aromatic heterocycles. The van der Waals surface area contributed by atoms with Crippen molar-refractivity contribution in [3.05, 3.63) is 23.2 Å². The minimum atomic E-state index is -0.550. The molecule has 0 aliphatic heterocycles. The maximum atomic E-state index is 10.9. The smallest absolute Gasteiger partial charge is 0.411 e. The molecule has 76 valence electrons. The highest BCUT2D eigenvalue weighted by Crippen LogP contribution is 2.27. The van der Waals surface area contributed by atoms with E-state index >= 15 is 0 Å². The van der Waals surface area contributed by atoms with E-state index in [9.17, 15) is 4.79 Å². The molecule has 1 amide bonds. The lowest BCUT2D eigenvalue weighted by molar-refractivity contribution is 0.187. The van der Waals surface area contributed by atoms with Gasteiger partial charge >= 0.3 is 6.09 Å². The van der Waals surface area contributed by atoms with Crippen LogP contribution in [0, 0.1) is 0 Å². The fraction of sp³-hybridized carbons (Fsp3) is 0.222. The number of hydrogen-bond acceptors (Lipinski definition) is 3. The van der Waals surface area contributed by atoms with Crippen molar-refractivity contribution in [3.8, 4) is 5.75 Å². The number of carbonyl (C=O) groups is 1. The molecule has 14 heavy (non-hydrogen) atoms. The third kappa shape index (κ3) is 2.53. The van der Waals surface area contributed by atoms with Crippen LogP contribution in [0.5, 0.6) is 5.75 Å². The standard InChI is InChI=1S/C9H10ClNO3/c1-13-8-5-6(10)3-4-7(8)11-9(12)14-2/h3-5H,1-2H3,(H,11,12). The number of anilines is 1. The van der Waals surface area contributed by atoms with Gasteiger partial charge in [0.05, 0.1) is 19.9 Å². The van der Waals surface area contributed by atoms with Crippen LogP contribution in [0.4, 0.5) is 10.5 Å². The highest BCUT2D eigenvalue weighted by atomic mass is 35.5. The summed E-state index contributed by atoms with van der Waals surface area (Å²) in [6.07, 6.45) is -0.550. The summed E-state index contributed by atoms with van der Waals surface area (Å²) in [5, 5.41) is 3.03. The van der Waals surface area contributed by atoms with Gasteiger partial charge in [-0.2, -0.15) is 0 Å². The van der Waals surface area contributed by atoms with Gasteiger partial charge in [0.1, 0.15) is 5.75 Å². The van der Waals surface area contributed by atoms with E-state index < -0.39 is 6.09 Å². The second-order valence-corrected chi connectivity index (χ2v) is 2.90. The Kier molecular flexibility index (Phi) is 3.59. The number of amides is 1. The second kappa shape index (κ2) is 4.72. The molecule has 0 saturated carbocycles. The maximum Gasteiger partial charge on any atom is 0.411 e. The summed E-state index contributed by atoms with van der Waals surface area (Å²) in [7, 11) is 2.78. The third-order valence-corrected chi connectivity index (χ3v) is 1.82. The molecule has 0 fully saturated rings. The topological polar surface area (TPSA) is 47.6 Å². The predicted octanol–water partition coefficient (Wildman–Crippen LogP) is 2.53. The Bertz CT molecular complexity index is 341. The van der Waals surface area contributed by atoms with Crippen molar-refractivity contribution in [2.75, 3.05) is 19.5 Å². The highest BCUT2D eigenvalue weighted by Gasteiger charge is 2.07. The van der Waals surface area contributed by atoms with Crippen molar-refractivity contribution in [1.29, 1.82) is 0 Å². The summed E-state index contributed by atoms with van der Waals surface area (Å²) in [6, 6.07) is 4.89. The lowest BCUT2D eigenvalue weighted by Gasteiger charge is -2.08. The third-order valence-electron chi connectivity index (χ3n) is 1.59. The molecule has 0 aliphatic rings. The first-order chi connectivity index (χ1) is 6.67. The van der Waals surface area contributed by atoms with Gasteiger partial charge in [-0.15, -0.1) is 0 Å². The van der Waals surface area contributed by atoms with Crippen LogP contribution in [-0.4, -0.2) is 20.3 Å². The van der Waals surface area contributed by atoms with Crippen LogP contribution in [-0.2, 0) is 4.74 Å². The molecule has 0 saturated heterocycles. The second-order valence-electron chi connectivity index (χ2n) is 2.46. The molecular formula is C9H10ClNO3. The van der Waals surface area contributed by atoms with Crippen molar-refractivity contribution in [2.45, 2.75) is 0 Å². The fourth-order valence-corrected chi connectivity index (χ4v) is 1.09. The van der Waals surface area contributed by atoms with Crippen LogP contribution in [0.2, 0.25) is 5.02 Å². The summed E-state index contributed by atoms with van der Waals surface area (Å²) < 4.78 is 9.46. The number of hydrogen-bond donors (Lipinski definition) is 1. The molecule has 1 aromatic carbocycles. The van der Waals surface area contributed by atoms with Gasteiger partial charge in [0, 0.05) is 11.1 Å². The summed E-state index contributed by atoms with van der Waals surface area (Å²) in [5.41, 5.74) is 0.517. The van der Waals surface area contributed by atoms with Crippen LogP contribution in [0.1, 0.15) is 0 Å². The van der Waals surface area contributed by atoms with Crippen molar-refractivity contribution >= 4 is 23.4 Å². The normalized spacial score (nSPS) is 9.36. The molecule has 5 heteroatoms. The van der Waals surface area contributed by atoms with Gasteiger partial charge in [0.2, 0.25) is 0 Å². The zero-order valence-corrected chi connectivity index (χ0v) is 8.59. The van der Waals surface area contributed by atoms with E-state index in [0.717, 1.165) is 0 Å².